The molecule has 0 saturated heterocycles. The summed E-state index contributed by atoms with van der Waals surface area (Å²) in [5.74, 6) is 1.42. The number of thioether (sulfide) groups is 1. The number of hydrogen-bond acceptors (Lipinski definition) is 7. The second-order valence-electron chi connectivity index (χ2n) is 6.43. The maximum atomic E-state index is 13.0. The third-order valence-corrected chi connectivity index (χ3v) is 5.04. The number of aromatic nitrogens is 6. The van der Waals surface area contributed by atoms with E-state index in [-0.39, 0.29) is 5.82 Å². The Kier molecular flexibility index (Phi) is 5.16. The minimum absolute atomic E-state index is 0.309. The van der Waals surface area contributed by atoms with Crippen molar-refractivity contribution in [2.24, 2.45) is 0 Å². The Morgan fingerprint density at radius 3 is 2.54 bits per heavy atom. The summed E-state index contributed by atoms with van der Waals surface area (Å²) in [6.07, 6.45) is 0. The highest BCUT2D eigenvalue weighted by Crippen LogP contribution is 2.24. The van der Waals surface area contributed by atoms with Gasteiger partial charge < -0.3 is 4.52 Å². The molecule has 4 aromatic rings. The Hall–Kier alpha value is -3.07. The van der Waals surface area contributed by atoms with Crippen molar-refractivity contribution >= 4 is 11.8 Å². The number of tetrazole rings is 1. The molecule has 0 fully saturated rings. The van der Waals surface area contributed by atoms with E-state index in [9.17, 15) is 4.39 Å². The van der Waals surface area contributed by atoms with Gasteiger partial charge in [-0.15, -0.1) is 5.10 Å². The van der Waals surface area contributed by atoms with E-state index in [1.807, 2.05) is 12.1 Å². The van der Waals surface area contributed by atoms with Crippen LogP contribution in [0.1, 0.15) is 31.2 Å². The third-order valence-electron chi connectivity index (χ3n) is 4.14. The fourth-order valence-corrected chi connectivity index (χ4v) is 3.32. The summed E-state index contributed by atoms with van der Waals surface area (Å²) in [6, 6.07) is 14.1. The molecule has 0 aliphatic rings. The first-order valence-corrected chi connectivity index (χ1v) is 9.69. The van der Waals surface area contributed by atoms with E-state index in [1.54, 1.807) is 16.8 Å². The number of benzene rings is 2. The molecule has 0 atom stereocenters. The predicted octanol–water partition coefficient (Wildman–Crippen LogP) is 4.27. The van der Waals surface area contributed by atoms with Crippen molar-refractivity contribution in [1.29, 1.82) is 0 Å². The van der Waals surface area contributed by atoms with Crippen molar-refractivity contribution in [1.82, 2.24) is 30.3 Å². The van der Waals surface area contributed by atoms with Gasteiger partial charge in [0, 0.05) is 5.56 Å². The minimum atomic E-state index is -0.309. The van der Waals surface area contributed by atoms with Crippen molar-refractivity contribution in [2.45, 2.75) is 30.7 Å². The highest BCUT2D eigenvalue weighted by atomic mass is 32.2. The molecule has 0 aliphatic carbocycles. The average molecular weight is 396 g/mol. The van der Waals surface area contributed by atoms with Crippen molar-refractivity contribution in [2.75, 3.05) is 0 Å². The number of halogens is 1. The maximum Gasteiger partial charge on any atom is 0.237 e. The fourth-order valence-electron chi connectivity index (χ4n) is 2.59. The summed E-state index contributed by atoms with van der Waals surface area (Å²) in [5.41, 5.74) is 2.83. The lowest BCUT2D eigenvalue weighted by Gasteiger charge is -2.07. The van der Waals surface area contributed by atoms with Crippen LogP contribution in [0, 0.1) is 5.82 Å². The van der Waals surface area contributed by atoms with Gasteiger partial charge in [-0.2, -0.15) is 9.67 Å². The molecule has 0 radical (unpaired) electrons. The van der Waals surface area contributed by atoms with Crippen LogP contribution in [-0.2, 0) is 5.75 Å². The van der Waals surface area contributed by atoms with E-state index in [0.29, 0.717) is 34.1 Å². The third kappa shape index (κ3) is 3.94. The number of rotatable bonds is 6. The largest absolute Gasteiger partial charge is 0.338 e. The van der Waals surface area contributed by atoms with Crippen molar-refractivity contribution < 1.29 is 8.91 Å². The van der Waals surface area contributed by atoms with E-state index in [1.165, 1.54) is 29.5 Å². The van der Waals surface area contributed by atoms with Gasteiger partial charge in [0.2, 0.25) is 16.9 Å². The first kappa shape index (κ1) is 18.3. The van der Waals surface area contributed by atoms with Gasteiger partial charge in [-0.1, -0.05) is 42.9 Å². The summed E-state index contributed by atoms with van der Waals surface area (Å²) >= 11 is 1.39. The van der Waals surface area contributed by atoms with E-state index < -0.39 is 0 Å². The summed E-state index contributed by atoms with van der Waals surface area (Å²) < 4.78 is 20.0. The molecule has 0 saturated carbocycles. The smallest absolute Gasteiger partial charge is 0.237 e. The van der Waals surface area contributed by atoms with Crippen molar-refractivity contribution in [3.05, 3.63) is 65.8 Å². The fraction of sp³-hybridized carbons (Fsp3) is 0.211. The summed E-state index contributed by atoms with van der Waals surface area (Å²) in [5, 5.41) is 16.5. The number of nitrogens with zero attached hydrogens (tertiary/aromatic N) is 6. The van der Waals surface area contributed by atoms with Crippen LogP contribution in [0.5, 0.6) is 0 Å². The lowest BCUT2D eigenvalue weighted by atomic mass is 10.0. The molecule has 28 heavy (non-hydrogen) atoms. The Morgan fingerprint density at radius 2 is 1.82 bits per heavy atom. The number of hydrogen-bond donors (Lipinski definition) is 0. The molecule has 0 amide bonds. The van der Waals surface area contributed by atoms with Gasteiger partial charge in [0.05, 0.1) is 11.4 Å². The van der Waals surface area contributed by atoms with Gasteiger partial charge in [-0.05, 0) is 58.3 Å². The Morgan fingerprint density at radius 1 is 1.07 bits per heavy atom. The van der Waals surface area contributed by atoms with Gasteiger partial charge in [-0.25, -0.2) is 4.39 Å². The normalized spacial score (nSPS) is 11.3. The van der Waals surface area contributed by atoms with Gasteiger partial charge in [0.25, 0.3) is 0 Å². The van der Waals surface area contributed by atoms with Crippen molar-refractivity contribution in [3.8, 4) is 17.1 Å². The van der Waals surface area contributed by atoms with E-state index in [4.69, 9.17) is 4.52 Å². The van der Waals surface area contributed by atoms with Gasteiger partial charge in [0.15, 0.2) is 0 Å². The molecule has 0 bridgehead atoms. The quantitative estimate of drug-likeness (QED) is 0.450. The van der Waals surface area contributed by atoms with Gasteiger partial charge >= 0.3 is 0 Å². The van der Waals surface area contributed by atoms with Crippen LogP contribution in [-0.4, -0.2) is 30.3 Å². The van der Waals surface area contributed by atoms with Crippen LogP contribution in [0.15, 0.2) is 58.2 Å². The second kappa shape index (κ2) is 7.89. The molecule has 0 spiro atoms. The molecule has 0 aliphatic heterocycles. The van der Waals surface area contributed by atoms with Crippen LogP contribution < -0.4 is 0 Å². The standard InChI is InChI=1S/C19H17FN6OS/c1-12(2)13-5-9-16(10-6-13)26-19(22-24-25-26)28-11-17-21-18(23-27-17)14-3-7-15(20)8-4-14/h3-10,12H,11H2,1-2H3. The minimum Gasteiger partial charge on any atom is -0.338 e. The molecule has 2 heterocycles. The molecule has 7 nitrogen and oxygen atoms in total. The summed E-state index contributed by atoms with van der Waals surface area (Å²) in [7, 11) is 0. The lowest BCUT2D eigenvalue weighted by molar-refractivity contribution is 0.391. The van der Waals surface area contributed by atoms with Crippen LogP contribution in [0.2, 0.25) is 0 Å². The highest BCUT2D eigenvalue weighted by Gasteiger charge is 2.14. The van der Waals surface area contributed by atoms with Gasteiger partial charge in [0.1, 0.15) is 5.82 Å². The van der Waals surface area contributed by atoms with E-state index in [0.717, 1.165) is 5.69 Å². The molecule has 0 unspecified atom stereocenters. The Labute approximate surface area is 165 Å². The first-order valence-electron chi connectivity index (χ1n) is 8.70. The first-order chi connectivity index (χ1) is 13.6. The Balaban J connectivity index is 1.46. The molecule has 4 rings (SSSR count). The van der Waals surface area contributed by atoms with E-state index >= 15 is 0 Å². The highest BCUT2D eigenvalue weighted by molar-refractivity contribution is 7.98. The Bertz CT molecular complexity index is 1060. The zero-order chi connectivity index (χ0) is 19.5. The van der Waals surface area contributed by atoms with Crippen molar-refractivity contribution in [3.63, 3.8) is 0 Å². The molecule has 2 aromatic carbocycles. The van der Waals surface area contributed by atoms with Crippen LogP contribution in [0.4, 0.5) is 4.39 Å². The van der Waals surface area contributed by atoms with E-state index in [2.05, 4.69) is 51.6 Å². The van der Waals surface area contributed by atoms with Crippen LogP contribution >= 0.6 is 11.8 Å². The molecule has 0 N–H and O–H groups in total. The zero-order valence-corrected chi connectivity index (χ0v) is 16.1. The molecule has 142 valence electrons. The van der Waals surface area contributed by atoms with Crippen LogP contribution in [0.25, 0.3) is 17.1 Å². The molecular weight excluding hydrogens is 379 g/mol. The second-order valence-corrected chi connectivity index (χ2v) is 7.37. The SMILES string of the molecule is CC(C)c1ccc(-n2nnnc2SCc2nc(-c3ccc(F)cc3)no2)cc1. The van der Waals surface area contributed by atoms with Gasteiger partial charge in [-0.3, -0.25) is 0 Å². The molecule has 2 aromatic heterocycles. The predicted molar refractivity (Wildman–Crippen MR) is 102 cm³/mol. The molecular formula is C19H17FN6OS. The average Bonchev–Trinajstić information content (AvgIpc) is 3.36. The topological polar surface area (TPSA) is 82.5 Å². The van der Waals surface area contributed by atoms with Crippen LogP contribution in [0.3, 0.4) is 0 Å². The summed E-state index contributed by atoms with van der Waals surface area (Å²) in [4.78, 5) is 4.34. The summed E-state index contributed by atoms with van der Waals surface area (Å²) in [6.45, 7) is 4.30. The monoisotopic (exact) mass is 396 g/mol. The maximum absolute atomic E-state index is 13.0. The lowest BCUT2D eigenvalue weighted by Crippen LogP contribution is -2.00. The zero-order valence-electron chi connectivity index (χ0n) is 15.3. The molecule has 9 heteroatoms.